The Hall–Kier alpha value is -1.91. The Balaban J connectivity index is 2.25. The zero-order valence-corrected chi connectivity index (χ0v) is 15.1. The first-order valence-electron chi connectivity index (χ1n) is 7.14. The molecule has 0 unspecified atom stereocenters. The lowest BCUT2D eigenvalue weighted by Gasteiger charge is -2.15. The summed E-state index contributed by atoms with van der Waals surface area (Å²) in [6.45, 7) is 0. The van der Waals surface area contributed by atoms with Crippen molar-refractivity contribution in [1.29, 1.82) is 0 Å². The molecule has 0 amide bonds. The molecule has 4 rings (SSSR count). The molecule has 4 heteroatoms. The van der Waals surface area contributed by atoms with Crippen LogP contribution in [0.15, 0.2) is 80.5 Å². The molecular weight excluding hydrogens is 418 g/mol. The third-order valence-corrected chi connectivity index (χ3v) is 4.94. The minimum atomic E-state index is 0.0604. The first-order chi connectivity index (χ1) is 11.1. The summed E-state index contributed by atoms with van der Waals surface area (Å²) in [5, 5.41) is 1.43. The summed E-state index contributed by atoms with van der Waals surface area (Å²) >= 11 is 6.94. The SMILES string of the molecule is O=c1c2ccccc2n(-c2ccc(Br)cc2)c2ccc(Br)cc12. The second-order valence-corrected chi connectivity index (χ2v) is 7.15. The second kappa shape index (κ2) is 5.62. The van der Waals surface area contributed by atoms with E-state index in [1.807, 2.05) is 66.7 Å². The average Bonchev–Trinajstić information content (AvgIpc) is 2.57. The van der Waals surface area contributed by atoms with E-state index in [1.54, 1.807) is 0 Å². The van der Waals surface area contributed by atoms with Gasteiger partial charge in [0.15, 0.2) is 5.43 Å². The Morgan fingerprint density at radius 1 is 0.696 bits per heavy atom. The second-order valence-electron chi connectivity index (χ2n) is 5.32. The molecule has 0 saturated heterocycles. The highest BCUT2D eigenvalue weighted by Crippen LogP contribution is 2.26. The summed E-state index contributed by atoms with van der Waals surface area (Å²) in [6, 6.07) is 21.7. The standard InChI is InChI=1S/C19H11Br2NO/c20-12-5-8-14(9-6-12)22-17-4-2-1-3-15(17)19(23)16-11-13(21)7-10-18(16)22/h1-11H. The molecule has 23 heavy (non-hydrogen) atoms. The Morgan fingerprint density at radius 2 is 1.35 bits per heavy atom. The highest BCUT2D eigenvalue weighted by Gasteiger charge is 2.12. The molecule has 1 aromatic heterocycles. The minimum Gasteiger partial charge on any atom is -0.309 e. The smallest absolute Gasteiger partial charge is 0.197 e. The topological polar surface area (TPSA) is 22.0 Å². The van der Waals surface area contributed by atoms with Crippen molar-refractivity contribution in [2.75, 3.05) is 0 Å². The number of benzene rings is 3. The maximum Gasteiger partial charge on any atom is 0.197 e. The van der Waals surface area contributed by atoms with E-state index >= 15 is 0 Å². The Morgan fingerprint density at radius 3 is 2.13 bits per heavy atom. The maximum atomic E-state index is 12.8. The van der Waals surface area contributed by atoms with Crippen molar-refractivity contribution >= 4 is 53.7 Å². The van der Waals surface area contributed by atoms with Gasteiger partial charge in [0.2, 0.25) is 0 Å². The van der Waals surface area contributed by atoms with Crippen LogP contribution in [0.5, 0.6) is 0 Å². The van der Waals surface area contributed by atoms with Gasteiger partial charge in [-0.1, -0.05) is 44.0 Å². The number of fused-ring (bicyclic) bond motifs is 2. The van der Waals surface area contributed by atoms with Crippen LogP contribution in [0.25, 0.3) is 27.5 Å². The predicted molar refractivity (Wildman–Crippen MR) is 102 cm³/mol. The predicted octanol–water partition coefficient (Wildman–Crippen LogP) is 5.67. The van der Waals surface area contributed by atoms with E-state index in [9.17, 15) is 4.79 Å². The Labute approximate surface area is 149 Å². The van der Waals surface area contributed by atoms with Crippen molar-refractivity contribution in [2.24, 2.45) is 0 Å². The normalized spacial score (nSPS) is 11.2. The molecule has 0 aliphatic carbocycles. The largest absolute Gasteiger partial charge is 0.309 e. The van der Waals surface area contributed by atoms with Crippen LogP contribution in [0.3, 0.4) is 0 Å². The molecule has 0 aliphatic heterocycles. The fraction of sp³-hybridized carbons (Fsp3) is 0. The van der Waals surface area contributed by atoms with Crippen molar-refractivity contribution < 1.29 is 0 Å². The van der Waals surface area contributed by atoms with Gasteiger partial charge in [0.25, 0.3) is 0 Å². The van der Waals surface area contributed by atoms with Crippen molar-refractivity contribution in [3.8, 4) is 5.69 Å². The minimum absolute atomic E-state index is 0.0604. The first kappa shape index (κ1) is 14.7. The number of rotatable bonds is 1. The summed E-state index contributed by atoms with van der Waals surface area (Å²) in [5.74, 6) is 0. The van der Waals surface area contributed by atoms with E-state index < -0.39 is 0 Å². The molecule has 0 atom stereocenters. The van der Waals surface area contributed by atoms with E-state index in [-0.39, 0.29) is 5.43 Å². The molecule has 4 aromatic rings. The number of nitrogens with zero attached hydrogens (tertiary/aromatic N) is 1. The van der Waals surface area contributed by atoms with Gasteiger partial charge in [-0.15, -0.1) is 0 Å². The van der Waals surface area contributed by atoms with Crippen molar-refractivity contribution in [3.63, 3.8) is 0 Å². The van der Waals surface area contributed by atoms with Crippen molar-refractivity contribution in [3.05, 3.63) is 85.9 Å². The van der Waals surface area contributed by atoms with Gasteiger partial charge in [-0.05, 0) is 54.6 Å². The lowest BCUT2D eigenvalue weighted by molar-refractivity contribution is 1.16. The van der Waals surface area contributed by atoms with Crippen LogP contribution < -0.4 is 5.43 Å². The summed E-state index contributed by atoms with van der Waals surface area (Å²) < 4.78 is 4.06. The first-order valence-corrected chi connectivity index (χ1v) is 8.73. The van der Waals surface area contributed by atoms with E-state index in [1.165, 1.54) is 0 Å². The number of para-hydroxylation sites is 1. The van der Waals surface area contributed by atoms with Gasteiger partial charge in [0, 0.05) is 25.4 Å². The molecule has 0 bridgehead atoms. The molecule has 0 radical (unpaired) electrons. The molecule has 2 nitrogen and oxygen atoms in total. The molecule has 112 valence electrons. The zero-order chi connectivity index (χ0) is 16.0. The van der Waals surface area contributed by atoms with Gasteiger partial charge >= 0.3 is 0 Å². The highest BCUT2D eigenvalue weighted by molar-refractivity contribution is 9.10. The molecule has 0 spiro atoms. The third-order valence-electron chi connectivity index (χ3n) is 3.92. The van der Waals surface area contributed by atoms with Crippen LogP contribution >= 0.6 is 31.9 Å². The fourth-order valence-electron chi connectivity index (χ4n) is 2.89. The van der Waals surface area contributed by atoms with Crippen LogP contribution in [0, 0.1) is 0 Å². The number of hydrogen-bond donors (Lipinski definition) is 0. The van der Waals surface area contributed by atoms with Gasteiger partial charge in [-0.3, -0.25) is 4.79 Å². The number of hydrogen-bond acceptors (Lipinski definition) is 1. The Kier molecular flexibility index (Phi) is 3.58. The third kappa shape index (κ3) is 2.42. The van der Waals surface area contributed by atoms with E-state index in [4.69, 9.17) is 0 Å². The fourth-order valence-corrected chi connectivity index (χ4v) is 3.51. The number of halogens is 2. The molecule has 0 N–H and O–H groups in total. The van der Waals surface area contributed by atoms with Crippen molar-refractivity contribution in [2.45, 2.75) is 0 Å². The molecular formula is C19H11Br2NO. The van der Waals surface area contributed by atoms with Crippen LogP contribution in [0.4, 0.5) is 0 Å². The van der Waals surface area contributed by atoms with Gasteiger partial charge in [0.1, 0.15) is 0 Å². The molecule has 3 aromatic carbocycles. The lowest BCUT2D eigenvalue weighted by atomic mass is 10.1. The zero-order valence-electron chi connectivity index (χ0n) is 12.0. The van der Waals surface area contributed by atoms with Gasteiger partial charge < -0.3 is 4.57 Å². The Bertz CT molecular complexity index is 1100. The van der Waals surface area contributed by atoms with Gasteiger partial charge in [0.05, 0.1) is 11.0 Å². The van der Waals surface area contributed by atoms with Gasteiger partial charge in [-0.2, -0.15) is 0 Å². The summed E-state index contributed by atoms with van der Waals surface area (Å²) in [6.07, 6.45) is 0. The average molecular weight is 429 g/mol. The molecule has 1 heterocycles. The monoisotopic (exact) mass is 427 g/mol. The number of pyridine rings is 1. The van der Waals surface area contributed by atoms with E-state index in [2.05, 4.69) is 36.4 Å². The van der Waals surface area contributed by atoms with Crippen LogP contribution in [-0.4, -0.2) is 4.57 Å². The number of aromatic nitrogens is 1. The summed E-state index contributed by atoms with van der Waals surface area (Å²) in [5.41, 5.74) is 2.90. The molecule has 0 saturated carbocycles. The summed E-state index contributed by atoms with van der Waals surface area (Å²) in [4.78, 5) is 12.8. The maximum absolute atomic E-state index is 12.8. The highest BCUT2D eigenvalue weighted by atomic mass is 79.9. The quantitative estimate of drug-likeness (QED) is 0.358. The van der Waals surface area contributed by atoms with Crippen LogP contribution in [0.2, 0.25) is 0 Å². The van der Waals surface area contributed by atoms with Crippen molar-refractivity contribution in [1.82, 2.24) is 4.57 Å². The molecule has 0 aliphatic rings. The van der Waals surface area contributed by atoms with Gasteiger partial charge in [-0.25, -0.2) is 0 Å². The lowest BCUT2D eigenvalue weighted by Crippen LogP contribution is -2.10. The van der Waals surface area contributed by atoms with E-state index in [0.717, 1.165) is 31.1 Å². The summed E-state index contributed by atoms with van der Waals surface area (Å²) in [7, 11) is 0. The van der Waals surface area contributed by atoms with E-state index in [0.29, 0.717) is 5.39 Å². The van der Waals surface area contributed by atoms with Crippen LogP contribution in [-0.2, 0) is 0 Å². The van der Waals surface area contributed by atoms with Crippen LogP contribution in [0.1, 0.15) is 0 Å². The molecule has 0 fully saturated rings.